The number of nitrogens with zero attached hydrogens (tertiary/aromatic N) is 1. The molecule has 0 aliphatic rings. The van der Waals surface area contributed by atoms with Gasteiger partial charge < -0.3 is 15.4 Å². The number of carbonyl (C=O) groups excluding carboxylic acids is 1. The van der Waals surface area contributed by atoms with E-state index in [1.54, 1.807) is 25.4 Å². The molecule has 1 heterocycles. The number of amides is 1. The summed E-state index contributed by atoms with van der Waals surface area (Å²) in [5, 5.41) is 5.92. The zero-order valence-electron chi connectivity index (χ0n) is 13.3. The van der Waals surface area contributed by atoms with Crippen molar-refractivity contribution in [3.05, 3.63) is 48.3 Å². The Balaban J connectivity index is 2.09. The van der Waals surface area contributed by atoms with Gasteiger partial charge in [0.25, 0.3) is 5.91 Å². The maximum absolute atomic E-state index is 11.6. The van der Waals surface area contributed by atoms with Gasteiger partial charge in [-0.15, -0.1) is 0 Å². The highest BCUT2D eigenvalue weighted by Gasteiger charge is 2.09. The van der Waals surface area contributed by atoms with Crippen LogP contribution in [0.15, 0.2) is 42.6 Å². The van der Waals surface area contributed by atoms with Gasteiger partial charge in [-0.05, 0) is 51.1 Å². The van der Waals surface area contributed by atoms with Crippen molar-refractivity contribution in [2.75, 3.05) is 12.4 Å². The second kappa shape index (κ2) is 6.47. The van der Waals surface area contributed by atoms with E-state index in [4.69, 9.17) is 4.74 Å². The van der Waals surface area contributed by atoms with E-state index in [1.807, 2.05) is 24.3 Å². The molecule has 1 aromatic heterocycles. The zero-order valence-corrected chi connectivity index (χ0v) is 13.3. The topological polar surface area (TPSA) is 63.2 Å². The molecule has 0 radical (unpaired) electrons. The van der Waals surface area contributed by atoms with Gasteiger partial charge in [0.15, 0.2) is 0 Å². The third-order valence-electron chi connectivity index (χ3n) is 2.80. The lowest BCUT2D eigenvalue weighted by Crippen LogP contribution is -2.25. The minimum absolute atomic E-state index is 0.00981. The lowest BCUT2D eigenvalue weighted by molar-refractivity contribution is 0.0958. The molecule has 2 N–H and O–H groups in total. The number of rotatable bonds is 4. The fraction of sp³-hybridized carbons (Fsp3) is 0.294. The minimum Gasteiger partial charge on any atom is -0.457 e. The van der Waals surface area contributed by atoms with Crippen molar-refractivity contribution >= 4 is 11.6 Å². The Morgan fingerprint density at radius 1 is 1.09 bits per heavy atom. The lowest BCUT2D eigenvalue weighted by atomic mass is 10.1. The highest BCUT2D eigenvalue weighted by atomic mass is 16.5. The van der Waals surface area contributed by atoms with Crippen molar-refractivity contribution in [1.82, 2.24) is 10.3 Å². The summed E-state index contributed by atoms with van der Waals surface area (Å²) >= 11 is 0. The molecule has 0 aliphatic heterocycles. The number of hydrogen-bond donors (Lipinski definition) is 2. The first-order chi connectivity index (χ1) is 10.4. The van der Waals surface area contributed by atoms with Crippen molar-refractivity contribution in [3.63, 3.8) is 0 Å². The van der Waals surface area contributed by atoms with Gasteiger partial charge in [-0.1, -0.05) is 0 Å². The van der Waals surface area contributed by atoms with Gasteiger partial charge in [-0.25, -0.2) is 0 Å². The van der Waals surface area contributed by atoms with Crippen molar-refractivity contribution in [1.29, 1.82) is 0 Å². The molecule has 1 amide bonds. The molecule has 0 unspecified atom stereocenters. The third kappa shape index (κ3) is 4.48. The quantitative estimate of drug-likeness (QED) is 0.907. The van der Waals surface area contributed by atoms with Crippen molar-refractivity contribution in [2.24, 2.45) is 0 Å². The molecule has 0 bridgehead atoms. The number of anilines is 1. The molecule has 0 fully saturated rings. The van der Waals surface area contributed by atoms with Gasteiger partial charge in [-0.3, -0.25) is 9.78 Å². The highest BCUT2D eigenvalue weighted by molar-refractivity contribution is 5.92. The van der Waals surface area contributed by atoms with Gasteiger partial charge in [0.1, 0.15) is 17.2 Å². The highest BCUT2D eigenvalue weighted by Crippen LogP contribution is 2.24. The molecule has 5 heteroatoms. The van der Waals surface area contributed by atoms with E-state index < -0.39 is 0 Å². The molecule has 0 saturated heterocycles. The second-order valence-electron chi connectivity index (χ2n) is 5.96. The summed E-state index contributed by atoms with van der Waals surface area (Å²) in [6, 6.07) is 11.0. The summed E-state index contributed by atoms with van der Waals surface area (Å²) in [6.45, 7) is 6.32. The standard InChI is InChI=1S/C17H21N3O2/c1-17(2,3)20-12-5-7-13(8-6-12)22-14-9-10-19-15(11-14)16(21)18-4/h5-11,20H,1-4H3,(H,18,21). The van der Waals surface area contributed by atoms with Crippen LogP contribution in [0.25, 0.3) is 0 Å². The van der Waals surface area contributed by atoms with Gasteiger partial charge in [0, 0.05) is 30.5 Å². The first kappa shape index (κ1) is 15.8. The van der Waals surface area contributed by atoms with Crippen LogP contribution in [0.4, 0.5) is 5.69 Å². The van der Waals surface area contributed by atoms with Crippen LogP contribution in [-0.2, 0) is 0 Å². The SMILES string of the molecule is CNC(=O)c1cc(Oc2ccc(NC(C)(C)C)cc2)ccn1. The first-order valence-corrected chi connectivity index (χ1v) is 7.11. The van der Waals surface area contributed by atoms with Crippen molar-refractivity contribution in [3.8, 4) is 11.5 Å². The monoisotopic (exact) mass is 299 g/mol. The molecular formula is C17H21N3O2. The number of nitrogens with one attached hydrogen (secondary N) is 2. The normalized spacial score (nSPS) is 10.9. The van der Waals surface area contributed by atoms with Crippen LogP contribution < -0.4 is 15.4 Å². The molecule has 5 nitrogen and oxygen atoms in total. The van der Waals surface area contributed by atoms with Gasteiger partial charge in [-0.2, -0.15) is 0 Å². The van der Waals surface area contributed by atoms with E-state index in [9.17, 15) is 4.79 Å². The number of benzene rings is 1. The summed E-state index contributed by atoms with van der Waals surface area (Å²) < 4.78 is 5.75. The van der Waals surface area contributed by atoms with Crippen LogP contribution in [-0.4, -0.2) is 23.5 Å². The Labute approximate surface area is 130 Å². The van der Waals surface area contributed by atoms with Crippen LogP contribution in [0.3, 0.4) is 0 Å². The van der Waals surface area contributed by atoms with Crippen LogP contribution in [0.2, 0.25) is 0 Å². The van der Waals surface area contributed by atoms with E-state index >= 15 is 0 Å². The Morgan fingerprint density at radius 2 is 1.77 bits per heavy atom. The average molecular weight is 299 g/mol. The molecular weight excluding hydrogens is 278 g/mol. The molecule has 0 saturated carbocycles. The molecule has 2 rings (SSSR count). The van der Waals surface area contributed by atoms with Crippen LogP contribution in [0, 0.1) is 0 Å². The lowest BCUT2D eigenvalue weighted by Gasteiger charge is -2.22. The Kier molecular flexibility index (Phi) is 4.65. The van der Waals surface area contributed by atoms with E-state index in [0.717, 1.165) is 5.69 Å². The third-order valence-corrected chi connectivity index (χ3v) is 2.80. The number of hydrogen-bond acceptors (Lipinski definition) is 4. The van der Waals surface area contributed by atoms with Crippen LogP contribution in [0.5, 0.6) is 11.5 Å². The molecule has 0 spiro atoms. The van der Waals surface area contributed by atoms with Gasteiger partial charge >= 0.3 is 0 Å². The fourth-order valence-electron chi connectivity index (χ4n) is 1.90. The Bertz CT molecular complexity index is 646. The van der Waals surface area contributed by atoms with E-state index in [-0.39, 0.29) is 11.4 Å². The maximum Gasteiger partial charge on any atom is 0.269 e. The summed E-state index contributed by atoms with van der Waals surface area (Å²) in [7, 11) is 1.57. The molecule has 22 heavy (non-hydrogen) atoms. The van der Waals surface area contributed by atoms with Crippen LogP contribution in [0.1, 0.15) is 31.3 Å². The number of aromatic nitrogens is 1. The Morgan fingerprint density at radius 3 is 2.36 bits per heavy atom. The summed E-state index contributed by atoms with van der Waals surface area (Å²) in [5.41, 5.74) is 1.36. The first-order valence-electron chi connectivity index (χ1n) is 7.11. The average Bonchev–Trinajstić information content (AvgIpc) is 2.47. The maximum atomic E-state index is 11.6. The van der Waals surface area contributed by atoms with Gasteiger partial charge in [0.05, 0.1) is 0 Å². The number of carbonyl (C=O) groups is 1. The Hall–Kier alpha value is -2.56. The van der Waals surface area contributed by atoms with Crippen molar-refractivity contribution < 1.29 is 9.53 Å². The minimum atomic E-state index is -0.241. The predicted molar refractivity (Wildman–Crippen MR) is 87.5 cm³/mol. The zero-order chi connectivity index (χ0) is 16.2. The van der Waals surface area contributed by atoms with Crippen LogP contribution >= 0.6 is 0 Å². The van der Waals surface area contributed by atoms with E-state index in [2.05, 4.69) is 36.4 Å². The molecule has 1 aromatic carbocycles. The summed E-state index contributed by atoms with van der Waals surface area (Å²) in [5.74, 6) is 1.04. The number of ether oxygens (including phenoxy) is 1. The number of pyridine rings is 1. The van der Waals surface area contributed by atoms with E-state index in [0.29, 0.717) is 17.2 Å². The summed E-state index contributed by atoms with van der Waals surface area (Å²) in [4.78, 5) is 15.6. The molecule has 116 valence electrons. The fourth-order valence-corrected chi connectivity index (χ4v) is 1.90. The van der Waals surface area contributed by atoms with E-state index in [1.165, 1.54) is 0 Å². The smallest absolute Gasteiger partial charge is 0.269 e. The van der Waals surface area contributed by atoms with Gasteiger partial charge in [0.2, 0.25) is 0 Å². The molecule has 0 atom stereocenters. The molecule has 2 aromatic rings. The second-order valence-corrected chi connectivity index (χ2v) is 5.96. The van der Waals surface area contributed by atoms with Crippen molar-refractivity contribution in [2.45, 2.75) is 26.3 Å². The molecule has 0 aliphatic carbocycles. The predicted octanol–water partition coefficient (Wildman–Crippen LogP) is 3.44. The largest absolute Gasteiger partial charge is 0.457 e. The summed E-state index contributed by atoms with van der Waals surface area (Å²) in [6.07, 6.45) is 1.55.